The predicted molar refractivity (Wildman–Crippen MR) is 78.2 cm³/mol. The van der Waals surface area contributed by atoms with Crippen LogP contribution in [0.2, 0.25) is 0 Å². The van der Waals surface area contributed by atoms with Crippen LogP contribution in [0.15, 0.2) is 0 Å². The maximum absolute atomic E-state index is 12.4. The topological polar surface area (TPSA) is 78.9 Å². The number of amides is 2. The largest absolute Gasteiger partial charge is 0.479 e. The van der Waals surface area contributed by atoms with Crippen LogP contribution < -0.4 is 5.32 Å². The molecule has 120 valence electrons. The van der Waals surface area contributed by atoms with Gasteiger partial charge in [0.05, 0.1) is 6.10 Å². The Hall–Kier alpha value is -1.30. The van der Waals surface area contributed by atoms with Gasteiger partial charge in [0, 0.05) is 19.7 Å². The fraction of sp³-hybridized carbons (Fsp3) is 0.867. The number of rotatable bonds is 5. The first kappa shape index (κ1) is 16.1. The highest BCUT2D eigenvalue weighted by molar-refractivity contribution is 5.87. The molecule has 2 saturated heterocycles. The first-order valence-corrected chi connectivity index (χ1v) is 8.00. The third-order valence-electron chi connectivity index (χ3n) is 4.55. The summed E-state index contributed by atoms with van der Waals surface area (Å²) in [7, 11) is 0. The van der Waals surface area contributed by atoms with Crippen LogP contribution in [-0.4, -0.2) is 53.3 Å². The van der Waals surface area contributed by atoms with Crippen LogP contribution >= 0.6 is 0 Å². The Kier molecular flexibility index (Phi) is 5.45. The molecule has 0 spiro atoms. The van der Waals surface area contributed by atoms with Gasteiger partial charge in [-0.25, -0.2) is 9.59 Å². The Morgan fingerprint density at radius 1 is 1.38 bits per heavy atom. The minimum atomic E-state index is -1.02. The molecule has 0 saturated carbocycles. The molecular formula is C15H26N2O4. The summed E-state index contributed by atoms with van der Waals surface area (Å²) in [5, 5.41) is 12.4. The summed E-state index contributed by atoms with van der Waals surface area (Å²) >= 11 is 0. The standard InChI is InChI=1S/C15H26N2O4/c1-2-7-15(13(18)19)8-5-9-17(15)14(20)16-11-12-6-3-4-10-21-12/h12H,2-11H2,1H3,(H,16,20)(H,18,19). The number of aliphatic carboxylic acids is 1. The van der Waals surface area contributed by atoms with Crippen LogP contribution in [0.3, 0.4) is 0 Å². The first-order chi connectivity index (χ1) is 10.1. The van der Waals surface area contributed by atoms with Crippen molar-refractivity contribution in [3.05, 3.63) is 0 Å². The van der Waals surface area contributed by atoms with E-state index in [0.717, 1.165) is 38.7 Å². The number of hydrogen-bond donors (Lipinski definition) is 2. The van der Waals surface area contributed by atoms with Crippen molar-refractivity contribution >= 4 is 12.0 Å². The molecule has 2 rings (SSSR count). The van der Waals surface area contributed by atoms with Crippen molar-refractivity contribution < 1.29 is 19.4 Å². The molecule has 6 heteroatoms. The lowest BCUT2D eigenvalue weighted by atomic mass is 9.91. The number of nitrogens with zero attached hydrogens (tertiary/aromatic N) is 1. The molecule has 6 nitrogen and oxygen atoms in total. The predicted octanol–water partition coefficient (Wildman–Crippen LogP) is 1.98. The average molecular weight is 298 g/mol. The summed E-state index contributed by atoms with van der Waals surface area (Å²) in [5.74, 6) is -0.883. The lowest BCUT2D eigenvalue weighted by Crippen LogP contribution is -2.56. The van der Waals surface area contributed by atoms with Crippen molar-refractivity contribution in [3.63, 3.8) is 0 Å². The van der Waals surface area contributed by atoms with Crippen molar-refractivity contribution in [2.75, 3.05) is 19.7 Å². The number of carboxylic acid groups (broad SMARTS) is 1. The molecule has 2 fully saturated rings. The van der Waals surface area contributed by atoms with Gasteiger partial charge >= 0.3 is 12.0 Å². The average Bonchev–Trinajstić information content (AvgIpc) is 2.91. The Morgan fingerprint density at radius 3 is 2.81 bits per heavy atom. The molecule has 0 aromatic heterocycles. The van der Waals surface area contributed by atoms with Gasteiger partial charge in [-0.05, 0) is 38.5 Å². The normalized spacial score (nSPS) is 29.4. The van der Waals surface area contributed by atoms with E-state index in [1.165, 1.54) is 4.90 Å². The quantitative estimate of drug-likeness (QED) is 0.813. The Bertz CT molecular complexity index is 382. The van der Waals surface area contributed by atoms with Gasteiger partial charge in [0.2, 0.25) is 0 Å². The highest BCUT2D eigenvalue weighted by Crippen LogP contribution is 2.34. The summed E-state index contributed by atoms with van der Waals surface area (Å²) in [5.41, 5.74) is -1.02. The third kappa shape index (κ3) is 3.48. The minimum Gasteiger partial charge on any atom is -0.479 e. The molecule has 0 bridgehead atoms. The van der Waals surface area contributed by atoms with E-state index >= 15 is 0 Å². The molecule has 2 unspecified atom stereocenters. The van der Waals surface area contributed by atoms with Gasteiger partial charge in [-0.15, -0.1) is 0 Å². The number of hydrogen-bond acceptors (Lipinski definition) is 3. The number of nitrogens with one attached hydrogen (secondary N) is 1. The van der Waals surface area contributed by atoms with Gasteiger partial charge < -0.3 is 20.1 Å². The van der Waals surface area contributed by atoms with E-state index < -0.39 is 11.5 Å². The van der Waals surface area contributed by atoms with Crippen molar-refractivity contribution in [2.45, 2.75) is 63.5 Å². The molecule has 0 radical (unpaired) electrons. The van der Waals surface area contributed by atoms with Gasteiger partial charge in [0.25, 0.3) is 0 Å². The molecule has 0 aromatic carbocycles. The van der Waals surface area contributed by atoms with E-state index in [1.54, 1.807) is 0 Å². The molecule has 2 aliphatic heterocycles. The van der Waals surface area contributed by atoms with Gasteiger partial charge in [-0.3, -0.25) is 0 Å². The number of urea groups is 1. The van der Waals surface area contributed by atoms with E-state index in [9.17, 15) is 14.7 Å². The summed E-state index contributed by atoms with van der Waals surface area (Å²) < 4.78 is 5.59. The molecule has 21 heavy (non-hydrogen) atoms. The Balaban J connectivity index is 1.94. The number of ether oxygens (including phenoxy) is 1. The third-order valence-corrected chi connectivity index (χ3v) is 4.55. The van der Waals surface area contributed by atoms with Crippen LogP contribution in [0.25, 0.3) is 0 Å². The number of carbonyl (C=O) groups excluding carboxylic acids is 1. The lowest BCUT2D eigenvalue weighted by Gasteiger charge is -2.35. The van der Waals surface area contributed by atoms with E-state index in [4.69, 9.17) is 4.74 Å². The Labute approximate surface area is 125 Å². The molecule has 2 atom stereocenters. The summed E-state index contributed by atoms with van der Waals surface area (Å²) in [6.07, 6.45) is 5.78. The highest BCUT2D eigenvalue weighted by atomic mass is 16.5. The van der Waals surface area contributed by atoms with Crippen LogP contribution in [0.5, 0.6) is 0 Å². The van der Waals surface area contributed by atoms with Gasteiger partial charge in [0.15, 0.2) is 0 Å². The maximum atomic E-state index is 12.4. The molecule has 2 N–H and O–H groups in total. The summed E-state index contributed by atoms with van der Waals surface area (Å²) in [4.78, 5) is 25.6. The van der Waals surface area contributed by atoms with Crippen molar-refractivity contribution in [1.29, 1.82) is 0 Å². The number of carboxylic acids is 1. The number of carbonyl (C=O) groups is 2. The fourth-order valence-corrected chi connectivity index (χ4v) is 3.44. The zero-order chi connectivity index (χ0) is 15.3. The second kappa shape index (κ2) is 7.11. The summed E-state index contributed by atoms with van der Waals surface area (Å²) in [6, 6.07) is -0.266. The second-order valence-corrected chi connectivity index (χ2v) is 6.02. The van der Waals surface area contributed by atoms with E-state index in [2.05, 4.69) is 5.32 Å². The smallest absolute Gasteiger partial charge is 0.329 e. The van der Waals surface area contributed by atoms with Crippen LogP contribution in [-0.2, 0) is 9.53 Å². The SMILES string of the molecule is CCCC1(C(=O)O)CCCN1C(=O)NCC1CCCCO1. The van der Waals surface area contributed by atoms with E-state index in [-0.39, 0.29) is 12.1 Å². The second-order valence-electron chi connectivity index (χ2n) is 6.02. The first-order valence-electron chi connectivity index (χ1n) is 8.00. The van der Waals surface area contributed by atoms with Crippen molar-refractivity contribution in [3.8, 4) is 0 Å². The molecule has 2 aliphatic rings. The molecule has 0 aromatic rings. The molecule has 0 aliphatic carbocycles. The Morgan fingerprint density at radius 2 is 2.19 bits per heavy atom. The lowest BCUT2D eigenvalue weighted by molar-refractivity contribution is -0.148. The van der Waals surface area contributed by atoms with Gasteiger partial charge in [0.1, 0.15) is 5.54 Å². The van der Waals surface area contributed by atoms with Gasteiger partial charge in [-0.1, -0.05) is 13.3 Å². The maximum Gasteiger partial charge on any atom is 0.329 e. The molecule has 2 heterocycles. The van der Waals surface area contributed by atoms with Crippen LogP contribution in [0.1, 0.15) is 51.9 Å². The van der Waals surface area contributed by atoms with E-state index in [0.29, 0.717) is 25.9 Å². The van der Waals surface area contributed by atoms with Crippen LogP contribution in [0.4, 0.5) is 4.79 Å². The van der Waals surface area contributed by atoms with E-state index in [1.807, 2.05) is 6.92 Å². The highest BCUT2D eigenvalue weighted by Gasteiger charge is 2.49. The molecule has 2 amide bonds. The summed E-state index contributed by atoms with van der Waals surface area (Å²) in [6.45, 7) is 3.69. The van der Waals surface area contributed by atoms with Crippen molar-refractivity contribution in [1.82, 2.24) is 10.2 Å². The number of likely N-dealkylation sites (tertiary alicyclic amines) is 1. The molecular weight excluding hydrogens is 272 g/mol. The monoisotopic (exact) mass is 298 g/mol. The zero-order valence-corrected chi connectivity index (χ0v) is 12.8. The van der Waals surface area contributed by atoms with Crippen molar-refractivity contribution in [2.24, 2.45) is 0 Å². The van der Waals surface area contributed by atoms with Gasteiger partial charge in [-0.2, -0.15) is 0 Å². The minimum absolute atomic E-state index is 0.0655. The zero-order valence-electron chi connectivity index (χ0n) is 12.8. The van der Waals surface area contributed by atoms with Crippen LogP contribution in [0, 0.1) is 0 Å². The fourth-order valence-electron chi connectivity index (χ4n) is 3.44.